The summed E-state index contributed by atoms with van der Waals surface area (Å²) in [6, 6.07) is 8.35. The molecule has 2 aromatic carbocycles. The first kappa shape index (κ1) is 26.8. The molecular formula is C29H28FN5O6S. The average Bonchev–Trinajstić information content (AvgIpc) is 3.67. The molecule has 0 aliphatic carbocycles. The fourth-order valence-corrected chi connectivity index (χ4v) is 7.81. The Hall–Kier alpha value is -4.10. The average molecular weight is 594 g/mol. The summed E-state index contributed by atoms with van der Waals surface area (Å²) < 4.78 is 46.9. The number of ether oxygens (including phenoxy) is 1. The molecule has 4 aliphatic rings. The van der Waals surface area contributed by atoms with Crippen LogP contribution < -0.4 is 10.1 Å². The van der Waals surface area contributed by atoms with Crippen molar-refractivity contribution in [3.8, 4) is 5.75 Å². The quantitative estimate of drug-likeness (QED) is 0.445. The summed E-state index contributed by atoms with van der Waals surface area (Å²) in [5.74, 6) is -1.08. The number of nitrogens with one attached hydrogen (secondary N) is 1. The number of carbonyl (C=O) groups is 3. The van der Waals surface area contributed by atoms with E-state index in [1.54, 1.807) is 0 Å². The minimum Gasteiger partial charge on any atom is -0.492 e. The van der Waals surface area contributed by atoms with Crippen LogP contribution in [0.2, 0.25) is 0 Å². The molecule has 0 saturated carbocycles. The topological polar surface area (TPSA) is 131 Å². The Balaban J connectivity index is 1.04. The second-order valence-electron chi connectivity index (χ2n) is 11.4. The van der Waals surface area contributed by atoms with Gasteiger partial charge in [-0.1, -0.05) is 18.2 Å². The molecular weight excluding hydrogens is 565 g/mol. The van der Waals surface area contributed by atoms with Crippen molar-refractivity contribution in [3.05, 3.63) is 76.9 Å². The number of fused-ring (bicyclic) bond motifs is 4. The van der Waals surface area contributed by atoms with Crippen LogP contribution in [0, 0.1) is 5.82 Å². The Morgan fingerprint density at radius 1 is 1.10 bits per heavy atom. The van der Waals surface area contributed by atoms with Crippen LogP contribution in [-0.4, -0.2) is 70.9 Å². The van der Waals surface area contributed by atoms with E-state index in [4.69, 9.17) is 4.74 Å². The lowest BCUT2D eigenvalue weighted by Crippen LogP contribution is -2.52. The van der Waals surface area contributed by atoms with Crippen LogP contribution in [0.15, 0.2) is 53.7 Å². The predicted octanol–water partition coefficient (Wildman–Crippen LogP) is 1.95. The first-order valence-electron chi connectivity index (χ1n) is 13.9. The summed E-state index contributed by atoms with van der Waals surface area (Å²) >= 11 is 0. The Bertz CT molecular complexity index is 1750. The SMILES string of the molecule is O=C1CCC(N2Cc3c(ccc4c3OCC43CCN(Cc4cnn(S(=O)(=O)c5ccccc5F)c4)CC3)C2=O)C(=O)N1. The molecule has 1 unspecified atom stereocenters. The molecule has 7 rings (SSSR count). The molecule has 2 saturated heterocycles. The van der Waals surface area contributed by atoms with E-state index >= 15 is 0 Å². The molecule has 1 aromatic heterocycles. The van der Waals surface area contributed by atoms with Crippen LogP contribution in [0.4, 0.5) is 4.39 Å². The fourth-order valence-electron chi connectivity index (χ4n) is 6.60. The summed E-state index contributed by atoms with van der Waals surface area (Å²) in [7, 11) is -4.14. The molecule has 1 N–H and O–H groups in total. The highest BCUT2D eigenvalue weighted by Gasteiger charge is 2.47. The number of carbonyl (C=O) groups excluding carboxylic acids is 3. The number of benzene rings is 2. The molecule has 2 fully saturated rings. The predicted molar refractivity (Wildman–Crippen MR) is 145 cm³/mol. The van der Waals surface area contributed by atoms with Gasteiger partial charge in [-0.05, 0) is 50.6 Å². The van der Waals surface area contributed by atoms with E-state index in [2.05, 4.69) is 15.3 Å². The number of amides is 3. The van der Waals surface area contributed by atoms with Crippen molar-refractivity contribution >= 4 is 27.7 Å². The molecule has 11 nitrogen and oxygen atoms in total. The molecule has 3 aromatic rings. The number of rotatable bonds is 5. The molecule has 218 valence electrons. The van der Waals surface area contributed by atoms with Gasteiger partial charge in [-0.3, -0.25) is 24.6 Å². The summed E-state index contributed by atoms with van der Waals surface area (Å²) in [5.41, 5.74) is 2.91. The third kappa shape index (κ3) is 4.21. The van der Waals surface area contributed by atoms with Gasteiger partial charge in [0.15, 0.2) is 0 Å². The Morgan fingerprint density at radius 2 is 1.88 bits per heavy atom. The number of hydrogen-bond acceptors (Lipinski definition) is 8. The van der Waals surface area contributed by atoms with Crippen molar-refractivity contribution in [2.75, 3.05) is 19.7 Å². The maximum absolute atomic E-state index is 14.1. The zero-order valence-electron chi connectivity index (χ0n) is 22.6. The number of nitrogens with zero attached hydrogens (tertiary/aromatic N) is 4. The van der Waals surface area contributed by atoms with Gasteiger partial charge in [-0.25, -0.2) is 4.39 Å². The first-order chi connectivity index (χ1) is 20.2. The van der Waals surface area contributed by atoms with Crippen molar-refractivity contribution < 1.29 is 31.9 Å². The largest absolute Gasteiger partial charge is 0.492 e. The molecule has 1 atom stereocenters. The highest BCUT2D eigenvalue weighted by molar-refractivity contribution is 7.89. The summed E-state index contributed by atoms with van der Waals surface area (Å²) in [6.07, 6.45) is 5.05. The maximum Gasteiger partial charge on any atom is 0.285 e. The molecule has 5 heterocycles. The van der Waals surface area contributed by atoms with Crippen LogP contribution in [0.5, 0.6) is 5.75 Å². The highest BCUT2D eigenvalue weighted by Crippen LogP contribution is 2.49. The van der Waals surface area contributed by atoms with Gasteiger partial charge in [0, 0.05) is 46.8 Å². The number of imide groups is 1. The second-order valence-corrected chi connectivity index (χ2v) is 13.1. The lowest BCUT2D eigenvalue weighted by Gasteiger charge is -2.38. The van der Waals surface area contributed by atoms with Crippen molar-refractivity contribution in [1.82, 2.24) is 24.3 Å². The molecule has 1 spiro atoms. The minimum atomic E-state index is -4.14. The standard InChI is InChI=1S/C29H28FN5O6S/c30-22-3-1-2-4-24(22)42(39,40)35-15-18(13-31-35)14-33-11-9-29(10-12-33)17-41-26-20-16-34(23-7-8-25(36)32-27(23)37)28(38)19(20)5-6-21(26)29/h1-6,13,15,23H,7-12,14,16-17H2,(H,32,36,37). The lowest BCUT2D eigenvalue weighted by atomic mass is 9.74. The smallest absolute Gasteiger partial charge is 0.285 e. The Morgan fingerprint density at radius 3 is 2.64 bits per heavy atom. The molecule has 0 bridgehead atoms. The molecule has 4 aliphatic heterocycles. The van der Waals surface area contributed by atoms with Gasteiger partial charge in [0.1, 0.15) is 22.5 Å². The fraction of sp³-hybridized carbons (Fsp3) is 0.379. The Kier molecular flexibility index (Phi) is 6.21. The van der Waals surface area contributed by atoms with Gasteiger partial charge in [-0.15, -0.1) is 0 Å². The lowest BCUT2D eigenvalue weighted by molar-refractivity contribution is -0.136. The zero-order chi connectivity index (χ0) is 29.2. The van der Waals surface area contributed by atoms with Gasteiger partial charge in [0.2, 0.25) is 11.8 Å². The van der Waals surface area contributed by atoms with E-state index in [9.17, 15) is 27.2 Å². The van der Waals surface area contributed by atoms with Gasteiger partial charge in [-0.2, -0.15) is 17.6 Å². The van der Waals surface area contributed by atoms with Crippen LogP contribution >= 0.6 is 0 Å². The minimum absolute atomic E-state index is 0.201. The van der Waals surface area contributed by atoms with E-state index in [1.165, 1.54) is 35.5 Å². The Labute approximate surface area is 241 Å². The maximum atomic E-state index is 14.1. The van der Waals surface area contributed by atoms with Gasteiger partial charge < -0.3 is 9.64 Å². The molecule has 42 heavy (non-hydrogen) atoms. The zero-order valence-corrected chi connectivity index (χ0v) is 23.4. The molecule has 13 heteroatoms. The third-order valence-corrected chi connectivity index (χ3v) is 10.5. The van der Waals surface area contributed by atoms with E-state index in [-0.39, 0.29) is 30.2 Å². The van der Waals surface area contributed by atoms with Crippen molar-refractivity contribution in [3.63, 3.8) is 0 Å². The van der Waals surface area contributed by atoms with Crippen molar-refractivity contribution in [2.24, 2.45) is 0 Å². The van der Waals surface area contributed by atoms with Gasteiger partial charge >= 0.3 is 0 Å². The van der Waals surface area contributed by atoms with Crippen LogP contribution in [0.1, 0.15) is 52.7 Å². The van der Waals surface area contributed by atoms with Crippen molar-refractivity contribution in [1.29, 1.82) is 0 Å². The van der Waals surface area contributed by atoms with Crippen LogP contribution in [0.3, 0.4) is 0 Å². The number of likely N-dealkylation sites (tertiary alicyclic amines) is 1. The van der Waals surface area contributed by atoms with E-state index < -0.39 is 32.7 Å². The summed E-state index contributed by atoms with van der Waals surface area (Å²) in [4.78, 5) is 40.6. The van der Waals surface area contributed by atoms with Crippen LogP contribution in [0.25, 0.3) is 0 Å². The van der Waals surface area contributed by atoms with E-state index in [1.807, 2.05) is 12.1 Å². The third-order valence-electron chi connectivity index (χ3n) is 8.92. The normalized spacial score (nSPS) is 21.8. The number of piperidine rings is 2. The summed E-state index contributed by atoms with van der Waals surface area (Å²) in [6.45, 7) is 2.75. The van der Waals surface area contributed by atoms with E-state index in [0.717, 1.165) is 53.0 Å². The van der Waals surface area contributed by atoms with Crippen LogP contribution in [-0.2, 0) is 38.1 Å². The molecule has 3 amide bonds. The number of aromatic nitrogens is 2. The summed E-state index contributed by atoms with van der Waals surface area (Å²) in [5, 5.41) is 6.34. The second kappa shape index (κ2) is 9.73. The van der Waals surface area contributed by atoms with Gasteiger partial charge in [0.05, 0.1) is 19.3 Å². The monoisotopic (exact) mass is 593 g/mol. The van der Waals surface area contributed by atoms with Crippen molar-refractivity contribution in [2.45, 2.75) is 55.1 Å². The van der Waals surface area contributed by atoms with E-state index in [0.29, 0.717) is 30.7 Å². The first-order valence-corrected chi connectivity index (χ1v) is 15.3. The number of halogens is 1. The molecule has 0 radical (unpaired) electrons. The number of hydrogen-bond donors (Lipinski definition) is 1. The van der Waals surface area contributed by atoms with Gasteiger partial charge in [0.25, 0.3) is 15.9 Å². The highest BCUT2D eigenvalue weighted by atomic mass is 32.2.